The topological polar surface area (TPSA) is 77.5 Å². The number of hydrogen-bond donors (Lipinski definition) is 3. The zero-order valence-corrected chi connectivity index (χ0v) is 14.9. The second-order valence-corrected chi connectivity index (χ2v) is 7.41. The largest absolute Gasteiger partial charge is 0.393 e. The zero-order valence-electron chi connectivity index (χ0n) is 14.9. The first-order valence-electron chi connectivity index (χ1n) is 9.55. The molecule has 1 aliphatic heterocycles. The number of anilines is 1. The first-order chi connectivity index (χ1) is 12.2. The molecule has 3 N–H and O–H groups in total. The van der Waals surface area contributed by atoms with Crippen molar-refractivity contribution in [2.45, 2.75) is 44.6 Å². The van der Waals surface area contributed by atoms with Crippen LogP contribution in [-0.2, 0) is 0 Å². The van der Waals surface area contributed by atoms with Crippen LogP contribution in [0.25, 0.3) is 0 Å². The highest BCUT2D eigenvalue weighted by atomic mass is 16.3. The molecule has 6 nitrogen and oxygen atoms in total. The van der Waals surface area contributed by atoms with E-state index in [2.05, 4.69) is 20.5 Å². The fourth-order valence-electron chi connectivity index (χ4n) is 3.93. The number of aliphatic hydroxyl groups is 1. The Morgan fingerprint density at radius 3 is 2.44 bits per heavy atom. The van der Waals surface area contributed by atoms with Gasteiger partial charge in [-0.05, 0) is 56.1 Å². The molecule has 1 aromatic rings. The van der Waals surface area contributed by atoms with Gasteiger partial charge in [0.05, 0.1) is 6.10 Å². The van der Waals surface area contributed by atoms with Crippen LogP contribution in [0.3, 0.4) is 0 Å². The monoisotopic (exact) mass is 346 g/mol. The first kappa shape index (κ1) is 18.0. The lowest BCUT2D eigenvalue weighted by Crippen LogP contribution is -2.43. The maximum atomic E-state index is 12.0. The number of nitrogens with one attached hydrogen (secondary N) is 2. The summed E-state index contributed by atoms with van der Waals surface area (Å²) in [6.07, 6.45) is 9.55. The van der Waals surface area contributed by atoms with Gasteiger partial charge >= 0.3 is 6.03 Å². The third-order valence-corrected chi connectivity index (χ3v) is 5.50. The van der Waals surface area contributed by atoms with E-state index in [1.807, 2.05) is 24.5 Å². The van der Waals surface area contributed by atoms with Crippen LogP contribution in [0, 0.1) is 11.8 Å². The standard InChI is InChI=1S/C19H30N4O2/c24-18-3-1-2-16(12-18)14-22-19(25)21-13-15-6-10-23(11-7-15)17-4-8-20-9-5-17/h4-5,8-9,15-16,18,24H,1-3,6-7,10-14H2,(H2,21,22,25). The summed E-state index contributed by atoms with van der Waals surface area (Å²) in [7, 11) is 0. The fourth-order valence-corrected chi connectivity index (χ4v) is 3.93. The Balaban J connectivity index is 1.31. The van der Waals surface area contributed by atoms with Crippen molar-refractivity contribution in [1.29, 1.82) is 0 Å². The van der Waals surface area contributed by atoms with E-state index < -0.39 is 0 Å². The van der Waals surface area contributed by atoms with Crippen LogP contribution in [0.15, 0.2) is 24.5 Å². The van der Waals surface area contributed by atoms with Crippen molar-refractivity contribution < 1.29 is 9.90 Å². The maximum Gasteiger partial charge on any atom is 0.314 e. The lowest BCUT2D eigenvalue weighted by Gasteiger charge is -2.33. The van der Waals surface area contributed by atoms with Crippen molar-refractivity contribution in [2.75, 3.05) is 31.1 Å². The molecular formula is C19H30N4O2. The number of urea groups is 1. The number of carbonyl (C=O) groups excluding carboxylic acids is 1. The molecule has 2 unspecified atom stereocenters. The Morgan fingerprint density at radius 2 is 1.76 bits per heavy atom. The van der Waals surface area contributed by atoms with Crippen LogP contribution >= 0.6 is 0 Å². The molecule has 0 bridgehead atoms. The minimum Gasteiger partial charge on any atom is -0.393 e. The van der Waals surface area contributed by atoms with E-state index in [1.54, 1.807) is 0 Å². The number of nitrogens with zero attached hydrogens (tertiary/aromatic N) is 2. The van der Waals surface area contributed by atoms with Crippen LogP contribution in [0.5, 0.6) is 0 Å². The molecule has 1 saturated carbocycles. The average Bonchev–Trinajstić information content (AvgIpc) is 2.66. The Hall–Kier alpha value is -1.82. The Bertz CT molecular complexity index is 531. The van der Waals surface area contributed by atoms with Crippen LogP contribution < -0.4 is 15.5 Å². The predicted octanol–water partition coefficient (Wildman–Crippen LogP) is 2.15. The average molecular weight is 346 g/mol. The third-order valence-electron chi connectivity index (χ3n) is 5.50. The van der Waals surface area contributed by atoms with Crippen LogP contribution in [0.4, 0.5) is 10.5 Å². The highest BCUT2D eigenvalue weighted by molar-refractivity contribution is 5.73. The van der Waals surface area contributed by atoms with Crippen molar-refractivity contribution >= 4 is 11.7 Å². The number of piperidine rings is 1. The summed E-state index contributed by atoms with van der Waals surface area (Å²) in [5, 5.41) is 15.7. The molecule has 6 heteroatoms. The number of amides is 2. The quantitative estimate of drug-likeness (QED) is 0.763. The smallest absolute Gasteiger partial charge is 0.314 e. The molecule has 138 valence electrons. The Labute approximate surface area is 150 Å². The molecule has 2 aliphatic rings. The summed E-state index contributed by atoms with van der Waals surface area (Å²) >= 11 is 0. The predicted molar refractivity (Wildman–Crippen MR) is 98.5 cm³/mol. The van der Waals surface area contributed by atoms with Gasteiger partial charge in [-0.2, -0.15) is 0 Å². The second-order valence-electron chi connectivity index (χ2n) is 7.41. The number of aliphatic hydroxyl groups excluding tert-OH is 1. The van der Waals surface area contributed by atoms with Gasteiger partial charge in [-0.25, -0.2) is 4.79 Å². The molecule has 0 spiro atoms. The molecule has 2 amide bonds. The number of pyridine rings is 1. The van der Waals surface area contributed by atoms with Gasteiger partial charge in [0.2, 0.25) is 0 Å². The van der Waals surface area contributed by atoms with Crippen LogP contribution in [0.2, 0.25) is 0 Å². The maximum absolute atomic E-state index is 12.0. The number of rotatable bonds is 5. The van der Waals surface area contributed by atoms with Crippen molar-refractivity contribution in [2.24, 2.45) is 11.8 Å². The number of carbonyl (C=O) groups is 1. The van der Waals surface area contributed by atoms with E-state index in [-0.39, 0.29) is 12.1 Å². The molecule has 1 aliphatic carbocycles. The zero-order chi connectivity index (χ0) is 17.5. The molecule has 0 aromatic carbocycles. The molecule has 1 saturated heterocycles. The highest BCUT2D eigenvalue weighted by Crippen LogP contribution is 2.24. The van der Waals surface area contributed by atoms with Gasteiger partial charge in [0, 0.05) is 44.3 Å². The SMILES string of the molecule is O=C(NCC1CCN(c2ccncc2)CC1)NCC1CCCC(O)C1. The molecule has 2 fully saturated rings. The Morgan fingerprint density at radius 1 is 1.08 bits per heavy atom. The molecule has 0 radical (unpaired) electrons. The van der Waals surface area contributed by atoms with Gasteiger partial charge in [0.15, 0.2) is 0 Å². The van der Waals surface area contributed by atoms with Crippen molar-refractivity contribution in [3.05, 3.63) is 24.5 Å². The molecular weight excluding hydrogens is 316 g/mol. The van der Waals surface area contributed by atoms with Gasteiger partial charge in [-0.3, -0.25) is 4.98 Å². The molecule has 3 rings (SSSR count). The Kier molecular flexibility index (Phi) is 6.50. The number of aromatic nitrogens is 1. The number of hydrogen-bond acceptors (Lipinski definition) is 4. The lowest BCUT2D eigenvalue weighted by molar-refractivity contribution is 0.101. The fraction of sp³-hybridized carbons (Fsp3) is 0.684. The van der Waals surface area contributed by atoms with Crippen LogP contribution in [-0.4, -0.2) is 48.4 Å². The highest BCUT2D eigenvalue weighted by Gasteiger charge is 2.22. The van der Waals surface area contributed by atoms with E-state index in [0.29, 0.717) is 18.4 Å². The second kappa shape index (κ2) is 9.04. The summed E-state index contributed by atoms with van der Waals surface area (Å²) in [6, 6.07) is 4.03. The third kappa shape index (κ3) is 5.59. The first-order valence-corrected chi connectivity index (χ1v) is 9.55. The summed E-state index contributed by atoms with van der Waals surface area (Å²) in [5.74, 6) is 0.957. The molecule has 2 heterocycles. The van der Waals surface area contributed by atoms with Gasteiger partial charge < -0.3 is 20.6 Å². The van der Waals surface area contributed by atoms with Crippen LogP contribution in [0.1, 0.15) is 38.5 Å². The summed E-state index contributed by atoms with van der Waals surface area (Å²) in [4.78, 5) is 18.4. The summed E-state index contributed by atoms with van der Waals surface area (Å²) < 4.78 is 0. The summed E-state index contributed by atoms with van der Waals surface area (Å²) in [6.45, 7) is 3.46. The van der Waals surface area contributed by atoms with Gasteiger partial charge in [0.1, 0.15) is 0 Å². The van der Waals surface area contributed by atoms with E-state index in [1.165, 1.54) is 5.69 Å². The van der Waals surface area contributed by atoms with E-state index in [9.17, 15) is 9.90 Å². The van der Waals surface area contributed by atoms with E-state index in [0.717, 1.165) is 58.2 Å². The van der Waals surface area contributed by atoms with E-state index in [4.69, 9.17) is 0 Å². The molecule has 2 atom stereocenters. The molecule has 25 heavy (non-hydrogen) atoms. The van der Waals surface area contributed by atoms with Gasteiger partial charge in [-0.1, -0.05) is 6.42 Å². The van der Waals surface area contributed by atoms with Gasteiger partial charge in [0.25, 0.3) is 0 Å². The minimum atomic E-state index is -0.186. The van der Waals surface area contributed by atoms with Crippen molar-refractivity contribution in [3.8, 4) is 0 Å². The van der Waals surface area contributed by atoms with Crippen molar-refractivity contribution in [1.82, 2.24) is 15.6 Å². The normalized spacial score (nSPS) is 24.8. The minimum absolute atomic E-state index is 0.0726. The summed E-state index contributed by atoms with van der Waals surface area (Å²) in [5.41, 5.74) is 1.23. The molecule has 1 aromatic heterocycles. The lowest BCUT2D eigenvalue weighted by atomic mass is 9.87. The van der Waals surface area contributed by atoms with Crippen molar-refractivity contribution in [3.63, 3.8) is 0 Å². The van der Waals surface area contributed by atoms with E-state index >= 15 is 0 Å². The van der Waals surface area contributed by atoms with Gasteiger partial charge in [-0.15, -0.1) is 0 Å².